The zero-order valence-electron chi connectivity index (χ0n) is 25.0. The number of carbonyl (C=O) groups is 5. The summed E-state index contributed by atoms with van der Waals surface area (Å²) < 4.78 is 10.1. The molecular weight excluding hydrogens is 552 g/mol. The highest BCUT2D eigenvalue weighted by molar-refractivity contribution is 6.03. The van der Waals surface area contributed by atoms with Crippen LogP contribution in [0.15, 0.2) is 60.7 Å². The van der Waals surface area contributed by atoms with Gasteiger partial charge in [0.05, 0.1) is 0 Å². The highest BCUT2D eigenvalue weighted by Crippen LogP contribution is 2.09. The molecule has 0 saturated heterocycles. The first-order chi connectivity index (χ1) is 20.6. The van der Waals surface area contributed by atoms with Crippen LogP contribution in [0.25, 0.3) is 0 Å². The van der Waals surface area contributed by atoms with E-state index in [2.05, 4.69) is 33.1 Å². The Morgan fingerprint density at radius 2 is 1.37 bits per heavy atom. The van der Waals surface area contributed by atoms with E-state index in [-0.39, 0.29) is 38.5 Å². The molecule has 0 spiro atoms. The zero-order chi connectivity index (χ0) is 31.6. The molecule has 2 aromatic carbocycles. The van der Waals surface area contributed by atoms with Gasteiger partial charge in [-0.05, 0) is 29.4 Å². The van der Waals surface area contributed by atoms with Gasteiger partial charge < -0.3 is 30.7 Å². The fraction of sp³-hybridized carbons (Fsp3) is 0.406. The zero-order valence-corrected chi connectivity index (χ0v) is 25.0. The van der Waals surface area contributed by atoms with E-state index >= 15 is 0 Å². The maximum atomic E-state index is 13.5. The molecular formula is C32H40N4O7. The van der Waals surface area contributed by atoms with Gasteiger partial charge in [0, 0.05) is 27.0 Å². The van der Waals surface area contributed by atoms with Crippen molar-refractivity contribution < 1.29 is 33.4 Å². The van der Waals surface area contributed by atoms with Crippen molar-refractivity contribution in [3.63, 3.8) is 0 Å². The summed E-state index contributed by atoms with van der Waals surface area (Å²) in [5, 5.41) is 10.5. The van der Waals surface area contributed by atoms with Crippen LogP contribution in [-0.4, -0.2) is 68.0 Å². The van der Waals surface area contributed by atoms with Crippen LogP contribution < -0.4 is 21.3 Å². The number of alkyl carbamates (subject to hydrolysis) is 1. The van der Waals surface area contributed by atoms with Crippen molar-refractivity contribution in [2.45, 2.75) is 58.3 Å². The third-order valence-corrected chi connectivity index (χ3v) is 6.06. The summed E-state index contributed by atoms with van der Waals surface area (Å²) >= 11 is 0. The quantitative estimate of drug-likeness (QED) is 0.182. The lowest BCUT2D eigenvalue weighted by molar-refractivity contribution is -0.131. The molecule has 0 aliphatic rings. The van der Waals surface area contributed by atoms with Gasteiger partial charge in [0.25, 0.3) is 0 Å². The maximum Gasteiger partial charge on any atom is 0.408 e. The Labute approximate surface area is 252 Å². The van der Waals surface area contributed by atoms with Crippen LogP contribution in [0.4, 0.5) is 4.79 Å². The average Bonchev–Trinajstić information content (AvgIpc) is 2.98. The molecule has 3 atom stereocenters. The molecule has 4 N–H and O–H groups in total. The van der Waals surface area contributed by atoms with Gasteiger partial charge in [-0.15, -0.1) is 0 Å². The van der Waals surface area contributed by atoms with Gasteiger partial charge in [-0.25, -0.2) is 4.79 Å². The Hall–Kier alpha value is -4.69. The lowest BCUT2D eigenvalue weighted by Crippen LogP contribution is -2.58. The molecule has 2 aromatic rings. The second-order valence-electron chi connectivity index (χ2n) is 10.2. The minimum Gasteiger partial charge on any atom is -0.445 e. The number of methoxy groups -OCH3 is 1. The van der Waals surface area contributed by atoms with Crippen LogP contribution in [0.3, 0.4) is 0 Å². The van der Waals surface area contributed by atoms with E-state index < -0.39 is 47.7 Å². The van der Waals surface area contributed by atoms with E-state index in [1.807, 2.05) is 50.2 Å². The summed E-state index contributed by atoms with van der Waals surface area (Å²) in [6.45, 7) is 4.92. The number of benzene rings is 2. The Kier molecular flexibility index (Phi) is 15.0. The number of hydrogen-bond donors (Lipinski definition) is 4. The van der Waals surface area contributed by atoms with Crippen molar-refractivity contribution in [1.29, 1.82) is 0 Å². The van der Waals surface area contributed by atoms with Gasteiger partial charge in [-0.3, -0.25) is 19.2 Å². The van der Waals surface area contributed by atoms with Crippen molar-refractivity contribution in [3.05, 3.63) is 71.8 Å². The summed E-state index contributed by atoms with van der Waals surface area (Å²) in [6, 6.07) is 14.8. The smallest absolute Gasteiger partial charge is 0.408 e. The number of nitrogens with one attached hydrogen (secondary N) is 4. The number of amides is 4. The first kappa shape index (κ1) is 34.5. The molecule has 230 valence electrons. The minimum absolute atomic E-state index is 0.0112. The van der Waals surface area contributed by atoms with Crippen LogP contribution in [0.5, 0.6) is 0 Å². The van der Waals surface area contributed by atoms with Gasteiger partial charge in [0.2, 0.25) is 23.5 Å². The van der Waals surface area contributed by atoms with E-state index in [0.29, 0.717) is 0 Å². The highest BCUT2D eigenvalue weighted by Gasteiger charge is 2.30. The van der Waals surface area contributed by atoms with Gasteiger partial charge in [-0.2, -0.15) is 0 Å². The molecule has 43 heavy (non-hydrogen) atoms. The van der Waals surface area contributed by atoms with Crippen molar-refractivity contribution in [2.24, 2.45) is 5.92 Å². The van der Waals surface area contributed by atoms with E-state index in [0.717, 1.165) is 11.1 Å². The number of rotatable bonds is 15. The molecule has 4 amide bonds. The van der Waals surface area contributed by atoms with Crippen LogP contribution in [-0.2, 0) is 41.7 Å². The largest absolute Gasteiger partial charge is 0.445 e. The molecule has 0 radical (unpaired) electrons. The standard InChI is InChI=1S/C32H40N4O7/c1-22(2)18-26(36-32(41)43-21-25-14-9-6-10-15-25)30(39)34-27(19-24-12-7-5-8-13-24)31(40)35-28(20-33-23(3)37)29(38)16-11-17-42-4/h5-10,12-15,22,26-28H,17-21H2,1-4H3,(H,33,37)(H,34,39)(H,35,40)(H,36,41)/t26-,27-,28-/m0/s1. The third kappa shape index (κ3) is 13.7. The molecule has 0 heterocycles. The van der Waals surface area contributed by atoms with Gasteiger partial charge in [0.1, 0.15) is 31.3 Å². The third-order valence-electron chi connectivity index (χ3n) is 6.06. The Bertz CT molecular complexity index is 1270. The Balaban J connectivity index is 2.22. The molecule has 0 saturated carbocycles. The predicted molar refractivity (Wildman–Crippen MR) is 160 cm³/mol. The number of carbonyl (C=O) groups excluding carboxylic acids is 5. The van der Waals surface area contributed by atoms with Crippen molar-refractivity contribution in [3.8, 4) is 11.8 Å². The van der Waals surface area contributed by atoms with Gasteiger partial charge in [-0.1, -0.05) is 80.4 Å². The summed E-state index contributed by atoms with van der Waals surface area (Å²) in [5.41, 5.74) is 1.54. The molecule has 0 bridgehead atoms. The highest BCUT2D eigenvalue weighted by atomic mass is 16.5. The fourth-order valence-corrected chi connectivity index (χ4v) is 3.95. The molecule has 11 nitrogen and oxygen atoms in total. The first-order valence-electron chi connectivity index (χ1n) is 14.0. The molecule has 0 unspecified atom stereocenters. The molecule has 2 rings (SSSR count). The molecule has 0 aromatic heterocycles. The van der Waals surface area contributed by atoms with Crippen LogP contribution in [0.1, 0.15) is 38.3 Å². The van der Waals surface area contributed by atoms with E-state index in [9.17, 15) is 24.0 Å². The van der Waals surface area contributed by atoms with Crippen LogP contribution in [0.2, 0.25) is 0 Å². The van der Waals surface area contributed by atoms with E-state index in [1.54, 1.807) is 24.3 Å². The van der Waals surface area contributed by atoms with Crippen molar-refractivity contribution in [1.82, 2.24) is 21.3 Å². The lowest BCUT2D eigenvalue weighted by Gasteiger charge is -2.25. The second kappa shape index (κ2) is 18.7. The number of Topliss-reactive ketones (excluding diaryl/α,β-unsaturated/α-hetero) is 1. The Morgan fingerprint density at radius 1 is 0.791 bits per heavy atom. The fourth-order valence-electron chi connectivity index (χ4n) is 3.95. The topological polar surface area (TPSA) is 152 Å². The summed E-state index contributed by atoms with van der Waals surface area (Å²) in [6.07, 6.45) is -0.392. The van der Waals surface area contributed by atoms with Crippen LogP contribution >= 0.6 is 0 Å². The van der Waals surface area contributed by atoms with Crippen LogP contribution in [0, 0.1) is 17.8 Å². The summed E-state index contributed by atoms with van der Waals surface area (Å²) in [5.74, 6) is 2.68. The Morgan fingerprint density at radius 3 is 1.95 bits per heavy atom. The van der Waals surface area contributed by atoms with Crippen molar-refractivity contribution in [2.75, 3.05) is 20.3 Å². The number of ether oxygens (including phenoxy) is 2. The predicted octanol–water partition coefficient (Wildman–Crippen LogP) is 1.89. The lowest BCUT2D eigenvalue weighted by atomic mass is 10.0. The van der Waals surface area contributed by atoms with Gasteiger partial charge >= 0.3 is 6.09 Å². The van der Waals surface area contributed by atoms with E-state index in [1.165, 1.54) is 14.0 Å². The molecule has 0 aliphatic heterocycles. The molecule has 0 aliphatic carbocycles. The van der Waals surface area contributed by atoms with Crippen molar-refractivity contribution >= 4 is 29.6 Å². The number of hydrogen-bond acceptors (Lipinski definition) is 7. The van der Waals surface area contributed by atoms with Gasteiger partial charge in [0.15, 0.2) is 0 Å². The number of ketones is 1. The SMILES string of the molecule is COCC#CC(=O)[C@H](CNC(C)=O)NC(=O)[C@H](Cc1ccccc1)NC(=O)[C@H](CC(C)C)NC(=O)OCc1ccccc1. The normalized spacial score (nSPS) is 12.5. The average molecular weight is 593 g/mol. The van der Waals surface area contributed by atoms with E-state index in [4.69, 9.17) is 9.47 Å². The molecule has 0 fully saturated rings. The minimum atomic E-state index is -1.17. The first-order valence-corrected chi connectivity index (χ1v) is 14.0. The second-order valence-corrected chi connectivity index (χ2v) is 10.2. The maximum absolute atomic E-state index is 13.5. The monoisotopic (exact) mass is 592 g/mol. The summed E-state index contributed by atoms with van der Waals surface area (Å²) in [4.78, 5) is 63.9. The summed E-state index contributed by atoms with van der Waals surface area (Å²) in [7, 11) is 1.43. The molecule has 11 heteroatoms.